The van der Waals surface area contributed by atoms with Crippen molar-refractivity contribution in [3.05, 3.63) is 0 Å². The van der Waals surface area contributed by atoms with Gasteiger partial charge in [0.25, 0.3) is 0 Å². The quantitative estimate of drug-likeness (QED) is 0.490. The Morgan fingerprint density at radius 3 is 2.41 bits per heavy atom. The molecular weight excluding hydrogens is 222 g/mol. The van der Waals surface area contributed by atoms with Gasteiger partial charge in [0.05, 0.1) is 12.6 Å². The number of methoxy groups -OCH3 is 1. The third-order valence-electron chi connectivity index (χ3n) is 2.30. The van der Waals surface area contributed by atoms with E-state index in [1.807, 2.05) is 13.8 Å². The van der Waals surface area contributed by atoms with E-state index in [0.29, 0.717) is 19.7 Å². The van der Waals surface area contributed by atoms with Crippen molar-refractivity contribution >= 4 is 11.8 Å². The first-order valence-corrected chi connectivity index (χ1v) is 5.78. The van der Waals surface area contributed by atoms with Gasteiger partial charge in [-0.25, -0.2) is 0 Å². The summed E-state index contributed by atoms with van der Waals surface area (Å²) in [5.74, 6) is -0.240. The van der Waals surface area contributed by atoms with Gasteiger partial charge in [0.15, 0.2) is 0 Å². The van der Waals surface area contributed by atoms with Crippen molar-refractivity contribution in [2.75, 3.05) is 26.8 Å². The van der Waals surface area contributed by atoms with Crippen molar-refractivity contribution in [3.63, 3.8) is 0 Å². The Balaban J connectivity index is 3.62. The van der Waals surface area contributed by atoms with Gasteiger partial charge in [-0.05, 0) is 5.92 Å². The van der Waals surface area contributed by atoms with E-state index in [1.54, 1.807) is 7.11 Å². The molecule has 4 N–H and O–H groups in total. The zero-order chi connectivity index (χ0) is 13.3. The van der Waals surface area contributed by atoms with Gasteiger partial charge in [-0.3, -0.25) is 9.59 Å². The van der Waals surface area contributed by atoms with E-state index < -0.39 is 6.04 Å². The molecule has 0 radical (unpaired) electrons. The normalized spacial score (nSPS) is 12.3. The van der Waals surface area contributed by atoms with Gasteiger partial charge in [0.2, 0.25) is 11.8 Å². The lowest BCUT2D eigenvalue weighted by Gasteiger charge is -2.15. The average Bonchev–Trinajstić information content (AvgIpc) is 2.28. The van der Waals surface area contributed by atoms with Crippen molar-refractivity contribution in [3.8, 4) is 0 Å². The standard InChI is InChI=1S/C11H23N3O3/c1-8(2)10(12)11(16)14-5-4-9(15)13-6-7-17-3/h8,10H,4-7,12H2,1-3H3,(H,13,15)(H,14,16)/t10-/m0/s1. The molecule has 0 aliphatic rings. The smallest absolute Gasteiger partial charge is 0.237 e. The molecule has 0 aromatic heterocycles. The number of ether oxygens (including phenoxy) is 1. The highest BCUT2D eigenvalue weighted by Gasteiger charge is 2.16. The van der Waals surface area contributed by atoms with Crippen molar-refractivity contribution in [1.82, 2.24) is 10.6 Å². The van der Waals surface area contributed by atoms with Crippen LogP contribution in [0.15, 0.2) is 0 Å². The first-order chi connectivity index (χ1) is 7.99. The molecule has 6 heteroatoms. The van der Waals surface area contributed by atoms with Crippen LogP contribution in [0.3, 0.4) is 0 Å². The molecule has 0 rings (SSSR count). The van der Waals surface area contributed by atoms with Crippen LogP contribution >= 0.6 is 0 Å². The summed E-state index contributed by atoms with van der Waals surface area (Å²) >= 11 is 0. The molecule has 6 nitrogen and oxygen atoms in total. The highest BCUT2D eigenvalue weighted by molar-refractivity contribution is 5.82. The summed E-state index contributed by atoms with van der Waals surface area (Å²) in [5, 5.41) is 5.29. The number of hydrogen-bond donors (Lipinski definition) is 3. The summed E-state index contributed by atoms with van der Waals surface area (Å²) in [6.45, 7) is 5.02. The summed E-state index contributed by atoms with van der Waals surface area (Å²) in [7, 11) is 1.57. The minimum absolute atomic E-state index is 0.0885. The number of rotatable bonds is 8. The molecular formula is C11H23N3O3. The number of amides is 2. The summed E-state index contributed by atoms with van der Waals surface area (Å²) in [6, 6.07) is -0.522. The first-order valence-electron chi connectivity index (χ1n) is 5.78. The zero-order valence-electron chi connectivity index (χ0n) is 10.8. The molecule has 0 aromatic carbocycles. The van der Waals surface area contributed by atoms with Crippen molar-refractivity contribution in [2.24, 2.45) is 11.7 Å². The third kappa shape index (κ3) is 7.70. The molecule has 0 aliphatic heterocycles. The lowest BCUT2D eigenvalue weighted by atomic mass is 10.1. The van der Waals surface area contributed by atoms with Crippen molar-refractivity contribution in [1.29, 1.82) is 0 Å². The lowest BCUT2D eigenvalue weighted by Crippen LogP contribution is -2.44. The van der Waals surface area contributed by atoms with E-state index in [9.17, 15) is 9.59 Å². The van der Waals surface area contributed by atoms with E-state index >= 15 is 0 Å². The maximum atomic E-state index is 11.4. The molecule has 0 saturated carbocycles. The number of nitrogens with two attached hydrogens (primary N) is 1. The summed E-state index contributed by atoms with van der Waals surface area (Å²) in [5.41, 5.74) is 5.65. The summed E-state index contributed by atoms with van der Waals surface area (Å²) in [6.07, 6.45) is 0.250. The SMILES string of the molecule is COCCNC(=O)CCNC(=O)[C@@H](N)C(C)C. The molecule has 0 bridgehead atoms. The van der Waals surface area contributed by atoms with E-state index in [0.717, 1.165) is 0 Å². The predicted octanol–water partition coefficient (Wildman–Crippen LogP) is -0.761. The van der Waals surface area contributed by atoms with Crippen molar-refractivity contribution in [2.45, 2.75) is 26.3 Å². The molecule has 100 valence electrons. The summed E-state index contributed by atoms with van der Waals surface area (Å²) < 4.78 is 4.79. The molecule has 2 amide bonds. The Bertz CT molecular complexity index is 244. The van der Waals surface area contributed by atoms with Gasteiger partial charge >= 0.3 is 0 Å². The second kappa shape index (κ2) is 8.95. The van der Waals surface area contributed by atoms with Crippen LogP contribution in [0.25, 0.3) is 0 Å². The number of hydrogen-bond acceptors (Lipinski definition) is 4. The van der Waals surface area contributed by atoms with Crippen LogP contribution in [-0.2, 0) is 14.3 Å². The van der Waals surface area contributed by atoms with Crippen LogP contribution in [0.5, 0.6) is 0 Å². The van der Waals surface area contributed by atoms with Crippen LogP contribution in [0, 0.1) is 5.92 Å². The van der Waals surface area contributed by atoms with Gasteiger partial charge in [-0.15, -0.1) is 0 Å². The Labute approximate surface area is 102 Å². The van der Waals surface area contributed by atoms with Gasteiger partial charge in [-0.2, -0.15) is 0 Å². The van der Waals surface area contributed by atoms with Crippen molar-refractivity contribution < 1.29 is 14.3 Å². The Kier molecular flexibility index (Phi) is 8.35. The van der Waals surface area contributed by atoms with Gasteiger partial charge in [0, 0.05) is 26.6 Å². The van der Waals surface area contributed by atoms with Gasteiger partial charge < -0.3 is 21.1 Å². The molecule has 0 heterocycles. The topological polar surface area (TPSA) is 93.5 Å². The van der Waals surface area contributed by atoms with E-state index in [1.165, 1.54) is 0 Å². The fraction of sp³-hybridized carbons (Fsp3) is 0.818. The van der Waals surface area contributed by atoms with E-state index in [2.05, 4.69) is 10.6 Å². The monoisotopic (exact) mass is 245 g/mol. The Hall–Kier alpha value is -1.14. The number of carbonyl (C=O) groups is 2. The van der Waals surface area contributed by atoms with Crippen LogP contribution in [0.4, 0.5) is 0 Å². The van der Waals surface area contributed by atoms with Crippen LogP contribution in [0.1, 0.15) is 20.3 Å². The highest BCUT2D eigenvalue weighted by Crippen LogP contribution is 1.97. The van der Waals surface area contributed by atoms with E-state index in [4.69, 9.17) is 10.5 Å². The third-order valence-corrected chi connectivity index (χ3v) is 2.30. The number of nitrogens with one attached hydrogen (secondary N) is 2. The summed E-state index contributed by atoms with van der Waals surface area (Å²) in [4.78, 5) is 22.7. The maximum Gasteiger partial charge on any atom is 0.237 e. The minimum atomic E-state index is -0.522. The first kappa shape index (κ1) is 15.9. The second-order valence-corrected chi connectivity index (χ2v) is 4.15. The predicted molar refractivity (Wildman–Crippen MR) is 65.3 cm³/mol. The molecule has 0 aromatic rings. The Morgan fingerprint density at radius 2 is 1.88 bits per heavy atom. The zero-order valence-corrected chi connectivity index (χ0v) is 10.8. The maximum absolute atomic E-state index is 11.4. The molecule has 0 fully saturated rings. The highest BCUT2D eigenvalue weighted by atomic mass is 16.5. The largest absolute Gasteiger partial charge is 0.383 e. The fourth-order valence-corrected chi connectivity index (χ4v) is 1.10. The van der Waals surface area contributed by atoms with Crippen LogP contribution in [-0.4, -0.2) is 44.7 Å². The van der Waals surface area contributed by atoms with Gasteiger partial charge in [0.1, 0.15) is 0 Å². The molecule has 0 spiro atoms. The van der Waals surface area contributed by atoms with Gasteiger partial charge in [-0.1, -0.05) is 13.8 Å². The van der Waals surface area contributed by atoms with E-state index in [-0.39, 0.29) is 24.2 Å². The molecule has 0 unspecified atom stereocenters. The molecule has 17 heavy (non-hydrogen) atoms. The van der Waals surface area contributed by atoms with Crippen LogP contribution in [0.2, 0.25) is 0 Å². The number of carbonyl (C=O) groups excluding carboxylic acids is 2. The second-order valence-electron chi connectivity index (χ2n) is 4.15. The molecule has 0 saturated heterocycles. The molecule has 1 atom stereocenters. The fourth-order valence-electron chi connectivity index (χ4n) is 1.10. The van der Waals surface area contributed by atoms with Crippen LogP contribution < -0.4 is 16.4 Å². The molecule has 0 aliphatic carbocycles. The average molecular weight is 245 g/mol. The lowest BCUT2D eigenvalue weighted by molar-refractivity contribution is -0.123. The minimum Gasteiger partial charge on any atom is -0.383 e. The Morgan fingerprint density at radius 1 is 1.24 bits per heavy atom.